The van der Waals surface area contributed by atoms with Gasteiger partial charge in [-0.2, -0.15) is 0 Å². The predicted molar refractivity (Wildman–Crippen MR) is 39.8 cm³/mol. The van der Waals surface area contributed by atoms with Crippen LogP contribution in [0.2, 0.25) is 0 Å². The van der Waals surface area contributed by atoms with E-state index in [9.17, 15) is 15.0 Å². The van der Waals surface area contributed by atoms with E-state index < -0.39 is 37.0 Å². The van der Waals surface area contributed by atoms with Crippen molar-refractivity contribution < 1.29 is 29.6 Å². The molecule has 0 aromatic carbocycles. The summed E-state index contributed by atoms with van der Waals surface area (Å²) < 4.78 is 9.53. The number of methoxy groups -OCH3 is 1. The van der Waals surface area contributed by atoms with Gasteiger partial charge in [-0.25, -0.2) is 0 Å². The molecular formula is C7H12O6. The first kappa shape index (κ1) is 10.6. The Hall–Kier alpha value is -0.530. The number of ketones is 1. The number of Topliss-reactive ketones (excluding diaryl/α,β-unsaturated/α-hetero) is 1. The van der Waals surface area contributed by atoms with Crippen LogP contribution in [0.4, 0.5) is 0 Å². The summed E-state index contributed by atoms with van der Waals surface area (Å²) in [6.07, 6.45) is -5.14. The fourth-order valence-corrected chi connectivity index (χ4v) is 1.14. The maximum atomic E-state index is 11.1. The normalized spacial score (nSPS) is 40.8. The van der Waals surface area contributed by atoms with Crippen molar-refractivity contribution in [1.82, 2.24) is 0 Å². The quantitative estimate of drug-likeness (QED) is 0.453. The van der Waals surface area contributed by atoms with Gasteiger partial charge in [-0.15, -0.1) is 0 Å². The molecule has 1 aliphatic heterocycles. The summed E-state index contributed by atoms with van der Waals surface area (Å²) in [6, 6.07) is 0. The third-order valence-electron chi connectivity index (χ3n) is 1.91. The highest BCUT2D eigenvalue weighted by molar-refractivity contribution is 5.88. The van der Waals surface area contributed by atoms with Gasteiger partial charge in [0.2, 0.25) is 0 Å². The summed E-state index contributed by atoms with van der Waals surface area (Å²) in [7, 11) is 1.26. The topological polar surface area (TPSA) is 96.2 Å². The lowest BCUT2D eigenvalue weighted by Gasteiger charge is -2.34. The number of hydrogen-bond donors (Lipinski definition) is 3. The molecule has 76 valence electrons. The van der Waals surface area contributed by atoms with E-state index in [1.807, 2.05) is 0 Å². The van der Waals surface area contributed by atoms with E-state index in [0.717, 1.165) is 0 Å². The third kappa shape index (κ3) is 1.87. The van der Waals surface area contributed by atoms with Crippen LogP contribution in [0.1, 0.15) is 0 Å². The molecule has 1 heterocycles. The maximum absolute atomic E-state index is 11.1. The number of rotatable bonds is 2. The molecule has 0 aliphatic carbocycles. The fraction of sp³-hybridized carbons (Fsp3) is 0.857. The van der Waals surface area contributed by atoms with Gasteiger partial charge in [-0.05, 0) is 0 Å². The highest BCUT2D eigenvalue weighted by Crippen LogP contribution is 2.17. The van der Waals surface area contributed by atoms with Gasteiger partial charge in [0, 0.05) is 7.11 Å². The monoisotopic (exact) mass is 192 g/mol. The molecule has 6 nitrogen and oxygen atoms in total. The van der Waals surface area contributed by atoms with Crippen LogP contribution in [-0.4, -0.2) is 59.4 Å². The predicted octanol–water partition coefficient (Wildman–Crippen LogP) is -2.36. The average molecular weight is 192 g/mol. The maximum Gasteiger partial charge on any atom is 0.197 e. The van der Waals surface area contributed by atoms with Crippen molar-refractivity contribution in [3.05, 3.63) is 0 Å². The van der Waals surface area contributed by atoms with E-state index in [-0.39, 0.29) is 0 Å². The summed E-state index contributed by atoms with van der Waals surface area (Å²) in [5, 5.41) is 27.1. The first-order chi connectivity index (χ1) is 6.11. The van der Waals surface area contributed by atoms with Crippen LogP contribution in [0.25, 0.3) is 0 Å². The molecule has 0 spiro atoms. The van der Waals surface area contributed by atoms with Gasteiger partial charge >= 0.3 is 0 Å². The van der Waals surface area contributed by atoms with Crippen LogP contribution < -0.4 is 0 Å². The van der Waals surface area contributed by atoms with Crippen molar-refractivity contribution in [1.29, 1.82) is 0 Å². The molecule has 0 aromatic rings. The first-order valence-electron chi connectivity index (χ1n) is 3.80. The van der Waals surface area contributed by atoms with Crippen LogP contribution in [-0.2, 0) is 14.3 Å². The van der Waals surface area contributed by atoms with Crippen molar-refractivity contribution in [2.45, 2.75) is 24.6 Å². The Bertz CT molecular complexity index is 175. The van der Waals surface area contributed by atoms with Gasteiger partial charge in [0.1, 0.15) is 12.2 Å². The Morgan fingerprint density at radius 2 is 2.08 bits per heavy atom. The van der Waals surface area contributed by atoms with Gasteiger partial charge in [0.25, 0.3) is 0 Å². The highest BCUT2D eigenvalue weighted by atomic mass is 16.7. The van der Waals surface area contributed by atoms with E-state index in [4.69, 9.17) is 9.84 Å². The molecule has 6 heteroatoms. The Kier molecular flexibility index (Phi) is 3.34. The molecule has 13 heavy (non-hydrogen) atoms. The standard InChI is InChI=1S/C7H12O6/c1-12-7-6(11)5(10)4(9)3(2-8)13-7/h3-4,6-9,11H,2H2,1H3/t3-,4?,6-,7?/m1/s1. The number of aliphatic hydroxyl groups is 3. The zero-order valence-corrected chi connectivity index (χ0v) is 7.08. The van der Waals surface area contributed by atoms with E-state index >= 15 is 0 Å². The smallest absolute Gasteiger partial charge is 0.197 e. The highest BCUT2D eigenvalue weighted by Gasteiger charge is 2.43. The van der Waals surface area contributed by atoms with Gasteiger partial charge in [0.05, 0.1) is 6.61 Å². The minimum atomic E-state index is -1.50. The molecule has 3 N–H and O–H groups in total. The largest absolute Gasteiger partial charge is 0.394 e. The van der Waals surface area contributed by atoms with E-state index in [1.165, 1.54) is 7.11 Å². The van der Waals surface area contributed by atoms with Gasteiger partial charge in [-0.1, -0.05) is 0 Å². The van der Waals surface area contributed by atoms with Crippen molar-refractivity contribution in [3.63, 3.8) is 0 Å². The number of hydrogen-bond acceptors (Lipinski definition) is 6. The Labute approximate surface area is 74.7 Å². The fourth-order valence-electron chi connectivity index (χ4n) is 1.14. The molecular weight excluding hydrogens is 180 g/mol. The Morgan fingerprint density at radius 3 is 2.54 bits per heavy atom. The van der Waals surface area contributed by atoms with Crippen LogP contribution in [0, 0.1) is 0 Å². The van der Waals surface area contributed by atoms with E-state index in [0.29, 0.717) is 0 Å². The van der Waals surface area contributed by atoms with Crippen LogP contribution in [0.3, 0.4) is 0 Å². The summed E-state index contributed by atoms with van der Waals surface area (Å²) in [4.78, 5) is 11.1. The average Bonchev–Trinajstić information content (AvgIpc) is 2.15. The number of carbonyl (C=O) groups is 1. The minimum Gasteiger partial charge on any atom is -0.394 e. The molecule has 1 fully saturated rings. The molecule has 4 atom stereocenters. The minimum absolute atomic E-state index is 0.501. The molecule has 0 amide bonds. The van der Waals surface area contributed by atoms with Gasteiger partial charge < -0.3 is 24.8 Å². The zero-order valence-electron chi connectivity index (χ0n) is 7.08. The summed E-state index contributed by atoms with van der Waals surface area (Å²) in [6.45, 7) is -0.501. The van der Waals surface area contributed by atoms with Crippen molar-refractivity contribution in [2.75, 3.05) is 13.7 Å². The molecule has 1 saturated heterocycles. The van der Waals surface area contributed by atoms with E-state index in [2.05, 4.69) is 4.74 Å². The molecule has 0 saturated carbocycles. The molecule has 0 radical (unpaired) electrons. The molecule has 1 aliphatic rings. The second-order valence-corrected chi connectivity index (χ2v) is 2.75. The number of aliphatic hydroxyl groups excluding tert-OH is 3. The molecule has 0 aromatic heterocycles. The lowest BCUT2D eigenvalue weighted by Crippen LogP contribution is -2.56. The van der Waals surface area contributed by atoms with Crippen LogP contribution in [0.5, 0.6) is 0 Å². The Morgan fingerprint density at radius 1 is 1.46 bits per heavy atom. The summed E-state index contributed by atoms with van der Waals surface area (Å²) in [5.41, 5.74) is 0. The lowest BCUT2D eigenvalue weighted by molar-refractivity contribution is -0.247. The molecule has 0 bridgehead atoms. The van der Waals surface area contributed by atoms with Gasteiger partial charge in [-0.3, -0.25) is 4.79 Å². The number of carbonyl (C=O) groups excluding carboxylic acids is 1. The van der Waals surface area contributed by atoms with Crippen molar-refractivity contribution >= 4 is 5.78 Å². The van der Waals surface area contributed by atoms with Gasteiger partial charge in [0.15, 0.2) is 18.2 Å². The lowest BCUT2D eigenvalue weighted by atomic mass is 10.0. The second kappa shape index (κ2) is 4.12. The van der Waals surface area contributed by atoms with Crippen molar-refractivity contribution in [3.8, 4) is 0 Å². The second-order valence-electron chi connectivity index (χ2n) is 2.75. The van der Waals surface area contributed by atoms with Crippen LogP contribution in [0.15, 0.2) is 0 Å². The third-order valence-corrected chi connectivity index (χ3v) is 1.91. The van der Waals surface area contributed by atoms with Crippen molar-refractivity contribution in [2.24, 2.45) is 0 Å². The first-order valence-corrected chi connectivity index (χ1v) is 3.80. The van der Waals surface area contributed by atoms with E-state index in [1.54, 1.807) is 0 Å². The molecule has 2 unspecified atom stereocenters. The zero-order chi connectivity index (χ0) is 10.0. The summed E-state index contributed by atoms with van der Waals surface area (Å²) >= 11 is 0. The number of ether oxygens (including phenoxy) is 2. The molecule has 1 rings (SSSR count). The summed E-state index contributed by atoms with van der Waals surface area (Å²) in [5.74, 6) is -0.794. The Balaban J connectivity index is 2.72. The SMILES string of the molecule is COC1O[C@H](CO)C(O)C(=O)[C@H]1O. The van der Waals surface area contributed by atoms with Crippen LogP contribution >= 0.6 is 0 Å².